The van der Waals surface area contributed by atoms with E-state index in [9.17, 15) is 19.2 Å². The van der Waals surface area contributed by atoms with Crippen molar-refractivity contribution in [3.8, 4) is 11.5 Å². The predicted molar refractivity (Wildman–Crippen MR) is 149 cm³/mol. The number of likely N-dealkylation sites (tertiary alicyclic amines) is 1. The quantitative estimate of drug-likeness (QED) is 0.245. The van der Waals surface area contributed by atoms with Crippen LogP contribution in [0.25, 0.3) is 0 Å². The number of nitrogens with zero attached hydrogens (tertiary/aromatic N) is 1. The van der Waals surface area contributed by atoms with Crippen LogP contribution in [0.1, 0.15) is 46.5 Å². The van der Waals surface area contributed by atoms with E-state index in [1.54, 1.807) is 12.1 Å². The number of carbonyl (C=O) groups excluding carboxylic acids is 4. The second kappa shape index (κ2) is 11.4. The zero-order valence-electron chi connectivity index (χ0n) is 30.5. The Balaban J connectivity index is 1.44. The summed E-state index contributed by atoms with van der Waals surface area (Å²) in [6, 6.07) is 2.72. The van der Waals surface area contributed by atoms with Gasteiger partial charge < -0.3 is 42.8 Å². The number of hydrogen-bond acceptors (Lipinski definition) is 13. The third-order valence-electron chi connectivity index (χ3n) is 9.07. The standard InChI is InChI=1S/C31H37NO12/c1-14(33)39-24-25(40-15(2)34)27(41-16(3)35)30(44-26(24)29(36)38-6)42-21-10-8-18-19-13-17-7-9-20(37-5)23-22(17)31(18,28(21)43-23)11-12-32(19)4/h7-10,18-19,21,24-28,30H,11-13H2,1-6H3/t18-,19+,21-,24-,25?,26-,27+,28-,30+,31-/m0/s1/i4D3,5D3. The Bertz CT molecular complexity index is 1600. The summed E-state index contributed by atoms with van der Waals surface area (Å²) >= 11 is 0. The molecule has 0 radical (unpaired) electrons. The Morgan fingerprint density at radius 3 is 2.41 bits per heavy atom. The minimum Gasteiger partial charge on any atom is -0.493 e. The summed E-state index contributed by atoms with van der Waals surface area (Å²) in [5, 5.41) is 0. The van der Waals surface area contributed by atoms with Crippen molar-refractivity contribution in [3.05, 3.63) is 35.4 Å². The van der Waals surface area contributed by atoms with Crippen LogP contribution in [-0.2, 0) is 59.4 Å². The Kier molecular flexibility index (Phi) is 6.11. The third kappa shape index (κ3) is 4.72. The van der Waals surface area contributed by atoms with Gasteiger partial charge in [-0.3, -0.25) is 14.4 Å². The van der Waals surface area contributed by atoms with E-state index in [4.69, 9.17) is 46.1 Å². The van der Waals surface area contributed by atoms with E-state index in [2.05, 4.69) is 0 Å². The molecule has 10 atom stereocenters. The maximum atomic E-state index is 13.0. The first kappa shape index (κ1) is 23.7. The van der Waals surface area contributed by atoms with Gasteiger partial charge in [-0.15, -0.1) is 0 Å². The number of benzene rings is 1. The summed E-state index contributed by atoms with van der Waals surface area (Å²) in [5.41, 5.74) is 0.530. The number of rotatable bonds is 7. The first-order chi connectivity index (χ1) is 23.4. The average Bonchev–Trinajstić information content (AvgIpc) is 3.34. The number of hydrogen-bond donors (Lipinski definition) is 0. The van der Waals surface area contributed by atoms with E-state index in [1.165, 1.54) is 11.0 Å². The predicted octanol–water partition coefficient (Wildman–Crippen LogP) is 1.22. The molecule has 2 saturated heterocycles. The maximum Gasteiger partial charge on any atom is 0.339 e. The summed E-state index contributed by atoms with van der Waals surface area (Å²) in [5.74, 6) is -3.82. The molecule has 0 saturated carbocycles. The number of carbonyl (C=O) groups is 4. The van der Waals surface area contributed by atoms with Gasteiger partial charge in [0.25, 0.3) is 0 Å². The number of methoxy groups -OCH3 is 2. The molecule has 3 heterocycles. The number of piperidine rings is 1. The van der Waals surface area contributed by atoms with E-state index in [0.29, 0.717) is 12.0 Å². The van der Waals surface area contributed by atoms with Crippen molar-refractivity contribution in [2.24, 2.45) is 5.92 Å². The summed E-state index contributed by atoms with van der Waals surface area (Å²) in [6.07, 6.45) is -6.00. The first-order valence-electron chi connectivity index (χ1n) is 17.2. The van der Waals surface area contributed by atoms with Gasteiger partial charge in [0.05, 0.1) is 18.3 Å². The lowest BCUT2D eigenvalue weighted by molar-refractivity contribution is -0.313. The second-order valence-electron chi connectivity index (χ2n) is 11.5. The molecule has 13 heteroatoms. The van der Waals surface area contributed by atoms with Crippen molar-refractivity contribution in [1.82, 2.24) is 4.90 Å². The van der Waals surface area contributed by atoms with Crippen LogP contribution in [-0.4, -0.2) is 105 Å². The molecule has 0 amide bonds. The van der Waals surface area contributed by atoms with Gasteiger partial charge in [-0.2, -0.15) is 0 Å². The van der Waals surface area contributed by atoms with Crippen molar-refractivity contribution in [2.45, 2.75) is 88.0 Å². The molecule has 2 aliphatic carbocycles. The molecule has 0 aromatic heterocycles. The molecular weight excluding hydrogens is 578 g/mol. The van der Waals surface area contributed by atoms with Gasteiger partial charge in [-0.25, -0.2) is 4.79 Å². The highest BCUT2D eigenvalue weighted by Crippen LogP contribution is 2.62. The lowest BCUT2D eigenvalue weighted by Gasteiger charge is -2.57. The molecule has 44 heavy (non-hydrogen) atoms. The van der Waals surface area contributed by atoms with Crippen molar-refractivity contribution in [3.63, 3.8) is 0 Å². The molecular formula is C31H37NO12. The van der Waals surface area contributed by atoms with Crippen molar-refractivity contribution < 1.29 is 65.3 Å². The van der Waals surface area contributed by atoms with Crippen LogP contribution in [0, 0.1) is 5.92 Å². The lowest BCUT2D eigenvalue weighted by atomic mass is 9.53. The van der Waals surface area contributed by atoms with Gasteiger partial charge in [-0.1, -0.05) is 18.2 Å². The van der Waals surface area contributed by atoms with E-state index >= 15 is 0 Å². The molecule has 1 aromatic carbocycles. The topological polar surface area (TPSA) is 145 Å². The summed E-state index contributed by atoms with van der Waals surface area (Å²) in [7, 11) is -1.74. The number of likely N-dealkylation sites (N-methyl/N-ethyl adjacent to an activating group) is 1. The molecule has 0 N–H and O–H groups in total. The van der Waals surface area contributed by atoms with Crippen LogP contribution in [0.4, 0.5) is 0 Å². The largest absolute Gasteiger partial charge is 0.493 e. The SMILES string of the molecule is [2H]C([2H])([2H])Oc1ccc2c3c1O[C@H]1[C@@H](O[C@@H]4O[C@H](C(=O)OC)[C@@H](OC(C)=O)C(OC(C)=O)[C@H]4OC(C)=O)C=C[C@H]4[C@@H](C2)N(C([2H])([2H])[2H])CC[C@@]341. The van der Waals surface area contributed by atoms with E-state index in [1.807, 2.05) is 6.08 Å². The highest BCUT2D eigenvalue weighted by Gasteiger charge is 2.65. The van der Waals surface area contributed by atoms with Crippen molar-refractivity contribution in [2.75, 3.05) is 27.7 Å². The van der Waals surface area contributed by atoms with E-state index in [-0.39, 0.29) is 24.5 Å². The molecule has 1 unspecified atom stereocenters. The maximum absolute atomic E-state index is 13.0. The highest BCUT2D eigenvalue weighted by molar-refractivity contribution is 5.77. The fraction of sp³-hybridized carbons (Fsp3) is 0.613. The summed E-state index contributed by atoms with van der Waals surface area (Å²) in [4.78, 5) is 51.2. The zero-order valence-corrected chi connectivity index (χ0v) is 24.5. The van der Waals surface area contributed by atoms with Crippen LogP contribution >= 0.6 is 0 Å². The number of ether oxygens (including phenoxy) is 8. The van der Waals surface area contributed by atoms with Crippen LogP contribution in [0.3, 0.4) is 0 Å². The fourth-order valence-electron chi connectivity index (χ4n) is 7.57. The molecule has 2 bridgehead atoms. The van der Waals surface area contributed by atoms with Gasteiger partial charge in [0.15, 0.2) is 35.9 Å². The average molecular weight is 622 g/mol. The Morgan fingerprint density at radius 2 is 1.73 bits per heavy atom. The monoisotopic (exact) mass is 621 g/mol. The number of esters is 4. The first-order valence-corrected chi connectivity index (χ1v) is 14.2. The molecule has 13 nitrogen and oxygen atoms in total. The molecule has 238 valence electrons. The van der Waals surface area contributed by atoms with Crippen molar-refractivity contribution in [1.29, 1.82) is 0 Å². The van der Waals surface area contributed by atoms with Gasteiger partial charge in [-0.05, 0) is 38.0 Å². The van der Waals surface area contributed by atoms with Gasteiger partial charge in [0.2, 0.25) is 6.29 Å². The van der Waals surface area contributed by atoms with Crippen LogP contribution < -0.4 is 9.47 Å². The van der Waals surface area contributed by atoms with Crippen LogP contribution in [0.2, 0.25) is 0 Å². The van der Waals surface area contributed by atoms with Gasteiger partial charge in [0.1, 0.15) is 12.2 Å². The molecule has 2 fully saturated rings. The fourth-order valence-corrected chi connectivity index (χ4v) is 7.57. The molecule has 1 aromatic rings. The highest BCUT2D eigenvalue weighted by atomic mass is 16.7. The minimum atomic E-state index is -2.81. The molecule has 5 aliphatic rings. The molecule has 6 rings (SSSR count). The Morgan fingerprint density at radius 1 is 1.00 bits per heavy atom. The summed E-state index contributed by atoms with van der Waals surface area (Å²) < 4.78 is 93.7. The Labute approximate surface area is 263 Å². The van der Waals surface area contributed by atoms with Gasteiger partial charge in [0, 0.05) is 47.8 Å². The minimum absolute atomic E-state index is 0.0293. The van der Waals surface area contributed by atoms with Gasteiger partial charge >= 0.3 is 23.9 Å². The second-order valence-corrected chi connectivity index (χ2v) is 11.5. The summed E-state index contributed by atoms with van der Waals surface area (Å²) in [6.45, 7) is 0.981. The zero-order chi connectivity index (χ0) is 36.5. The normalized spacial score (nSPS) is 39.0. The van der Waals surface area contributed by atoms with E-state index < -0.39 is 98.2 Å². The smallest absolute Gasteiger partial charge is 0.339 e. The van der Waals surface area contributed by atoms with Crippen LogP contribution in [0.15, 0.2) is 24.3 Å². The third-order valence-corrected chi connectivity index (χ3v) is 9.07. The van der Waals surface area contributed by atoms with Crippen molar-refractivity contribution >= 4 is 23.9 Å². The van der Waals surface area contributed by atoms with E-state index in [0.717, 1.165) is 33.4 Å². The molecule has 1 spiro atoms. The lowest BCUT2D eigenvalue weighted by Crippen LogP contribution is -2.67. The molecule has 3 aliphatic heterocycles. The van der Waals surface area contributed by atoms with Crippen LogP contribution in [0.5, 0.6) is 11.5 Å². The Hall–Kier alpha value is -3.68.